The number of hydrogen-bond donors (Lipinski definition) is 2. The van der Waals surface area contributed by atoms with Gasteiger partial charge < -0.3 is 4.98 Å². The lowest BCUT2D eigenvalue weighted by Crippen LogP contribution is -2.21. The fraction of sp³-hybridized carbons (Fsp3) is 0.152. The zero-order chi connectivity index (χ0) is 27.8. The second-order valence-electron chi connectivity index (χ2n) is 10.2. The SMILES string of the molecule is Fc1cc(Br)ccc1CC1CCc2ccc3c(ccc4c(Br)cccc43)c2C1.O=c1[nH]c(=O)c2ccccc2[nH]1. The Morgan fingerprint density at radius 2 is 1.52 bits per heavy atom. The molecule has 1 unspecified atom stereocenters. The molecule has 0 saturated carbocycles. The van der Waals surface area contributed by atoms with Crippen LogP contribution in [0.25, 0.3) is 32.4 Å². The fourth-order valence-electron chi connectivity index (χ4n) is 5.76. The summed E-state index contributed by atoms with van der Waals surface area (Å²) in [5.41, 5.74) is 3.47. The number of aromatic nitrogens is 2. The van der Waals surface area contributed by atoms with E-state index in [0.717, 1.165) is 40.2 Å². The van der Waals surface area contributed by atoms with E-state index < -0.39 is 5.69 Å². The molecule has 6 aromatic rings. The van der Waals surface area contributed by atoms with Gasteiger partial charge in [0.1, 0.15) is 5.82 Å². The Morgan fingerprint density at radius 3 is 2.38 bits per heavy atom. The average molecular weight is 660 g/mol. The van der Waals surface area contributed by atoms with Crippen molar-refractivity contribution in [3.05, 3.63) is 137 Å². The van der Waals surface area contributed by atoms with Crippen LogP contribution >= 0.6 is 31.9 Å². The van der Waals surface area contributed by atoms with Crippen molar-refractivity contribution < 1.29 is 4.39 Å². The van der Waals surface area contributed by atoms with Gasteiger partial charge in [0.05, 0.1) is 10.9 Å². The number of para-hydroxylation sites is 1. The molecule has 1 aliphatic carbocycles. The first-order valence-corrected chi connectivity index (χ1v) is 14.7. The number of benzene rings is 5. The highest BCUT2D eigenvalue weighted by molar-refractivity contribution is 9.11. The molecule has 1 aromatic heterocycles. The molecule has 40 heavy (non-hydrogen) atoms. The monoisotopic (exact) mass is 658 g/mol. The highest BCUT2D eigenvalue weighted by Gasteiger charge is 2.22. The number of nitrogens with one attached hydrogen (secondary N) is 2. The van der Waals surface area contributed by atoms with Crippen molar-refractivity contribution >= 4 is 64.3 Å². The summed E-state index contributed by atoms with van der Waals surface area (Å²) in [7, 11) is 0. The predicted octanol–water partition coefficient (Wildman–Crippen LogP) is 8.22. The minimum Gasteiger partial charge on any atom is -0.307 e. The Bertz CT molecular complexity index is 2020. The first-order chi connectivity index (χ1) is 19.4. The van der Waals surface area contributed by atoms with Crippen molar-refractivity contribution in [3.8, 4) is 0 Å². The largest absolute Gasteiger partial charge is 0.326 e. The summed E-state index contributed by atoms with van der Waals surface area (Å²) in [5.74, 6) is 0.376. The molecular formula is C33H25Br2FN2O2. The van der Waals surface area contributed by atoms with Gasteiger partial charge in [0, 0.05) is 8.95 Å². The van der Waals surface area contributed by atoms with Gasteiger partial charge in [-0.2, -0.15) is 0 Å². The molecule has 1 heterocycles. The van der Waals surface area contributed by atoms with Gasteiger partial charge in [0.25, 0.3) is 5.56 Å². The minimum atomic E-state index is -0.473. The van der Waals surface area contributed by atoms with Crippen molar-refractivity contribution in [2.45, 2.75) is 25.7 Å². The maximum atomic E-state index is 14.3. The van der Waals surface area contributed by atoms with E-state index in [1.807, 2.05) is 12.1 Å². The molecule has 0 fully saturated rings. The highest BCUT2D eigenvalue weighted by atomic mass is 79.9. The van der Waals surface area contributed by atoms with E-state index in [1.165, 1.54) is 32.7 Å². The number of H-pyrrole nitrogens is 2. The lowest BCUT2D eigenvalue weighted by molar-refractivity contribution is 0.448. The third kappa shape index (κ3) is 5.28. The molecule has 7 heteroatoms. The lowest BCUT2D eigenvalue weighted by atomic mass is 9.78. The molecule has 0 amide bonds. The van der Waals surface area contributed by atoms with Gasteiger partial charge in [-0.1, -0.05) is 86.5 Å². The van der Waals surface area contributed by atoms with E-state index in [9.17, 15) is 14.0 Å². The summed E-state index contributed by atoms with van der Waals surface area (Å²) in [6.07, 6.45) is 4.01. The Kier molecular flexibility index (Phi) is 7.43. The van der Waals surface area contributed by atoms with Gasteiger partial charge in [0.2, 0.25) is 0 Å². The maximum absolute atomic E-state index is 14.3. The average Bonchev–Trinajstić information content (AvgIpc) is 2.95. The predicted molar refractivity (Wildman–Crippen MR) is 168 cm³/mol. The smallest absolute Gasteiger partial charge is 0.307 e. The second kappa shape index (κ2) is 11.1. The summed E-state index contributed by atoms with van der Waals surface area (Å²) in [6, 6.07) is 27.7. The van der Waals surface area contributed by atoms with E-state index in [-0.39, 0.29) is 11.4 Å². The van der Waals surface area contributed by atoms with Gasteiger partial charge in [-0.25, -0.2) is 9.18 Å². The van der Waals surface area contributed by atoms with Crippen molar-refractivity contribution in [2.75, 3.05) is 0 Å². The Balaban J connectivity index is 0.000000201. The molecule has 2 N–H and O–H groups in total. The first-order valence-electron chi connectivity index (χ1n) is 13.1. The quantitative estimate of drug-likeness (QED) is 0.184. The van der Waals surface area contributed by atoms with Crippen LogP contribution in [0.4, 0.5) is 4.39 Å². The van der Waals surface area contributed by atoms with Crippen LogP contribution < -0.4 is 11.2 Å². The number of hydrogen-bond acceptors (Lipinski definition) is 2. The third-order valence-corrected chi connectivity index (χ3v) is 8.88. The minimum absolute atomic E-state index is 0.103. The molecule has 1 aliphatic rings. The van der Waals surface area contributed by atoms with E-state index in [0.29, 0.717) is 16.8 Å². The van der Waals surface area contributed by atoms with E-state index >= 15 is 0 Å². The van der Waals surface area contributed by atoms with Gasteiger partial charge in [-0.05, 0) is 100 Å². The van der Waals surface area contributed by atoms with E-state index in [4.69, 9.17) is 0 Å². The van der Waals surface area contributed by atoms with Crippen molar-refractivity contribution in [1.82, 2.24) is 9.97 Å². The van der Waals surface area contributed by atoms with Crippen LogP contribution in [-0.4, -0.2) is 9.97 Å². The van der Waals surface area contributed by atoms with Crippen LogP contribution in [-0.2, 0) is 19.3 Å². The zero-order valence-corrected chi connectivity index (χ0v) is 24.6. The third-order valence-electron chi connectivity index (χ3n) is 7.70. The summed E-state index contributed by atoms with van der Waals surface area (Å²) in [4.78, 5) is 26.6. The van der Waals surface area contributed by atoms with Crippen molar-refractivity contribution in [1.29, 1.82) is 0 Å². The number of halogens is 3. The topological polar surface area (TPSA) is 65.7 Å². The second-order valence-corrected chi connectivity index (χ2v) is 12.0. The molecule has 7 rings (SSSR count). The van der Waals surface area contributed by atoms with E-state index in [1.54, 1.807) is 30.3 Å². The van der Waals surface area contributed by atoms with Crippen LogP contribution in [0.15, 0.2) is 103 Å². The molecule has 0 saturated heterocycles. The van der Waals surface area contributed by atoms with Gasteiger partial charge >= 0.3 is 5.69 Å². The molecule has 200 valence electrons. The van der Waals surface area contributed by atoms with Crippen molar-refractivity contribution in [2.24, 2.45) is 5.92 Å². The number of fused-ring (bicyclic) bond motifs is 6. The molecule has 4 nitrogen and oxygen atoms in total. The highest BCUT2D eigenvalue weighted by Crippen LogP contribution is 2.37. The zero-order valence-electron chi connectivity index (χ0n) is 21.4. The molecule has 0 bridgehead atoms. The number of aryl methyl sites for hydroxylation is 1. The van der Waals surface area contributed by atoms with Gasteiger partial charge in [-0.15, -0.1) is 0 Å². The summed E-state index contributed by atoms with van der Waals surface area (Å²) >= 11 is 7.03. The van der Waals surface area contributed by atoms with E-state index in [2.05, 4.69) is 84.3 Å². The van der Waals surface area contributed by atoms with Crippen LogP contribution in [0.1, 0.15) is 23.1 Å². The number of aromatic amines is 2. The van der Waals surface area contributed by atoms with Crippen LogP contribution in [0, 0.1) is 11.7 Å². The number of rotatable bonds is 2. The first kappa shape index (κ1) is 26.7. The molecule has 5 aromatic carbocycles. The van der Waals surface area contributed by atoms with Crippen molar-refractivity contribution in [3.63, 3.8) is 0 Å². The summed E-state index contributed by atoms with van der Waals surface area (Å²) < 4.78 is 16.3. The Morgan fingerprint density at radius 1 is 0.775 bits per heavy atom. The Hall–Kier alpha value is -3.55. The fourth-order valence-corrected chi connectivity index (χ4v) is 6.59. The van der Waals surface area contributed by atoms with Crippen LogP contribution in [0.5, 0.6) is 0 Å². The van der Waals surface area contributed by atoms with Gasteiger partial charge in [-0.3, -0.25) is 9.78 Å². The normalized spacial score (nSPS) is 14.6. The molecule has 0 spiro atoms. The Labute approximate surface area is 246 Å². The summed E-state index contributed by atoms with van der Waals surface area (Å²) in [6.45, 7) is 0. The standard InChI is InChI=1S/C25H19Br2F.C8H6N2O2/c26-18-8-6-17(25(28)14-18)12-15-4-5-16-7-9-20-19-2-1-3-24(27)22(19)11-10-21(20)23(16)13-15;11-7-5-3-1-2-4-6(5)9-8(12)10-7/h1-3,6-11,14-15H,4-5,12-13H2;1-4H,(H2,9,10,11,12). The lowest BCUT2D eigenvalue weighted by Gasteiger charge is -2.26. The summed E-state index contributed by atoms with van der Waals surface area (Å²) in [5, 5.41) is 5.70. The van der Waals surface area contributed by atoms with Crippen LogP contribution in [0.3, 0.4) is 0 Å². The molecule has 1 atom stereocenters. The molecule has 0 aliphatic heterocycles. The molecular weight excluding hydrogens is 635 g/mol. The molecule has 0 radical (unpaired) electrons. The van der Waals surface area contributed by atoms with Gasteiger partial charge in [0.15, 0.2) is 0 Å². The maximum Gasteiger partial charge on any atom is 0.326 e. The van der Waals surface area contributed by atoms with Crippen LogP contribution in [0.2, 0.25) is 0 Å².